The summed E-state index contributed by atoms with van der Waals surface area (Å²) in [6.07, 6.45) is 5.28. The van der Waals surface area contributed by atoms with E-state index in [4.69, 9.17) is 28.7 Å². The van der Waals surface area contributed by atoms with Crippen molar-refractivity contribution in [2.75, 3.05) is 37.1 Å². The van der Waals surface area contributed by atoms with Crippen molar-refractivity contribution < 1.29 is 24.3 Å². The van der Waals surface area contributed by atoms with Crippen molar-refractivity contribution in [2.45, 2.75) is 62.7 Å². The molecule has 4 atom stereocenters. The van der Waals surface area contributed by atoms with Crippen LogP contribution in [0, 0.1) is 0 Å². The maximum absolute atomic E-state index is 13.3. The van der Waals surface area contributed by atoms with E-state index < -0.39 is 47.9 Å². The summed E-state index contributed by atoms with van der Waals surface area (Å²) in [7, 11) is 0. The first-order valence-corrected chi connectivity index (χ1v) is 15.2. The third-order valence-electron chi connectivity index (χ3n) is 5.35. The van der Waals surface area contributed by atoms with Gasteiger partial charge in [0.2, 0.25) is 17.7 Å². The summed E-state index contributed by atoms with van der Waals surface area (Å²) in [6, 6.07) is -4.10. The van der Waals surface area contributed by atoms with Gasteiger partial charge in [0.1, 0.15) is 18.1 Å². The smallest absolute Gasteiger partial charge is 0.326 e. The lowest BCUT2D eigenvalue weighted by Crippen LogP contribution is -2.57. The van der Waals surface area contributed by atoms with E-state index in [9.17, 15) is 24.3 Å². The SMILES string of the molecule is CSCCC(N)C(=O)NC(CCCN=C(N)N)C(=O)NC(CCCN=C(N)N)C(=O)NC(CCSC)C(=O)O. The van der Waals surface area contributed by atoms with Crippen molar-refractivity contribution in [3.05, 3.63) is 0 Å². The lowest BCUT2D eigenvalue weighted by atomic mass is 10.1. The van der Waals surface area contributed by atoms with Crippen molar-refractivity contribution in [3.63, 3.8) is 0 Å². The monoisotopic (exact) mass is 592 g/mol. The predicted molar refractivity (Wildman–Crippen MR) is 157 cm³/mol. The molecular weight excluding hydrogens is 548 g/mol. The molecule has 14 N–H and O–H groups in total. The standard InChI is InChI=1S/C22H44N10O5S2/c1-38-11-7-13(23)17(33)30-14(5-3-9-28-21(24)25)18(34)31-15(6-4-10-29-22(26)27)19(35)32-16(20(36)37)8-12-39-2/h13-16H,3-12,23H2,1-2H3,(H,30,33)(H,31,34)(H,32,35)(H,36,37)(H4,24,25,28)(H4,26,27,29). The normalized spacial score (nSPS) is 13.7. The second-order valence-electron chi connectivity index (χ2n) is 8.59. The summed E-state index contributed by atoms with van der Waals surface area (Å²) < 4.78 is 0. The third-order valence-corrected chi connectivity index (χ3v) is 6.64. The second-order valence-corrected chi connectivity index (χ2v) is 10.6. The molecule has 39 heavy (non-hydrogen) atoms. The maximum atomic E-state index is 13.3. The lowest BCUT2D eigenvalue weighted by molar-refractivity contribution is -0.142. The average Bonchev–Trinajstić information content (AvgIpc) is 2.87. The van der Waals surface area contributed by atoms with Gasteiger partial charge in [0.25, 0.3) is 0 Å². The number of guanidine groups is 2. The molecule has 0 saturated carbocycles. The highest BCUT2D eigenvalue weighted by atomic mass is 32.2. The molecule has 224 valence electrons. The Balaban J connectivity index is 5.70. The topological polar surface area (TPSA) is 279 Å². The highest BCUT2D eigenvalue weighted by Crippen LogP contribution is 2.07. The summed E-state index contributed by atoms with van der Waals surface area (Å²) in [5.74, 6) is -2.06. The van der Waals surface area contributed by atoms with Crippen LogP contribution in [0.2, 0.25) is 0 Å². The molecule has 0 aliphatic carbocycles. The Morgan fingerprint density at radius 3 is 1.51 bits per heavy atom. The van der Waals surface area contributed by atoms with Crippen LogP contribution in [-0.2, 0) is 19.2 Å². The van der Waals surface area contributed by atoms with Crippen molar-refractivity contribution >= 4 is 59.1 Å². The van der Waals surface area contributed by atoms with E-state index in [-0.39, 0.29) is 44.3 Å². The number of carbonyl (C=O) groups excluding carboxylic acids is 3. The Hall–Kier alpha value is -2.92. The fourth-order valence-electron chi connectivity index (χ4n) is 3.24. The molecule has 0 aromatic rings. The number of hydrogen-bond donors (Lipinski definition) is 9. The Labute approximate surface area is 237 Å². The first-order valence-electron chi connectivity index (χ1n) is 12.4. The van der Waals surface area contributed by atoms with E-state index in [1.165, 1.54) is 23.5 Å². The number of amides is 3. The number of carboxylic acids is 1. The van der Waals surface area contributed by atoms with Gasteiger partial charge >= 0.3 is 5.97 Å². The number of aliphatic imine (C=N–C) groups is 2. The van der Waals surface area contributed by atoms with Crippen molar-refractivity contribution in [1.29, 1.82) is 0 Å². The van der Waals surface area contributed by atoms with Gasteiger partial charge in [-0.1, -0.05) is 0 Å². The highest BCUT2D eigenvalue weighted by Gasteiger charge is 2.30. The molecule has 0 rings (SSSR count). The summed E-state index contributed by atoms with van der Waals surface area (Å²) in [6.45, 7) is 0.415. The van der Waals surface area contributed by atoms with Gasteiger partial charge in [-0.2, -0.15) is 23.5 Å². The summed E-state index contributed by atoms with van der Waals surface area (Å²) >= 11 is 2.98. The fourth-order valence-corrected chi connectivity index (χ4v) is 4.20. The molecule has 0 aromatic heterocycles. The Bertz CT molecular complexity index is 838. The number of nitrogens with one attached hydrogen (secondary N) is 3. The van der Waals surface area contributed by atoms with Gasteiger partial charge in [-0.05, 0) is 62.5 Å². The Morgan fingerprint density at radius 2 is 1.10 bits per heavy atom. The minimum Gasteiger partial charge on any atom is -0.480 e. The lowest BCUT2D eigenvalue weighted by Gasteiger charge is -2.25. The van der Waals surface area contributed by atoms with E-state index in [0.717, 1.165) is 0 Å². The minimum absolute atomic E-state index is 0.105. The molecule has 17 heteroatoms. The number of nitrogens with zero attached hydrogens (tertiary/aromatic N) is 2. The van der Waals surface area contributed by atoms with Crippen LogP contribution in [0.25, 0.3) is 0 Å². The maximum Gasteiger partial charge on any atom is 0.326 e. The summed E-state index contributed by atoms with van der Waals surface area (Å²) in [4.78, 5) is 58.4. The summed E-state index contributed by atoms with van der Waals surface area (Å²) in [5.41, 5.74) is 27.4. The zero-order valence-corrected chi connectivity index (χ0v) is 24.2. The zero-order chi connectivity index (χ0) is 29.8. The number of aliphatic carboxylic acids is 1. The molecule has 3 amide bonds. The predicted octanol–water partition coefficient (Wildman–Crippen LogP) is -2.53. The summed E-state index contributed by atoms with van der Waals surface area (Å²) in [5, 5.41) is 17.3. The number of carboxylic acid groups (broad SMARTS) is 1. The van der Waals surface area contributed by atoms with Gasteiger partial charge < -0.3 is 49.7 Å². The molecule has 0 aliphatic rings. The molecule has 0 bridgehead atoms. The zero-order valence-electron chi connectivity index (χ0n) is 22.6. The molecule has 0 fully saturated rings. The van der Waals surface area contributed by atoms with Crippen LogP contribution >= 0.6 is 23.5 Å². The molecule has 0 saturated heterocycles. The molecule has 0 heterocycles. The first-order chi connectivity index (χ1) is 18.4. The third kappa shape index (κ3) is 17.3. The van der Waals surface area contributed by atoms with Crippen LogP contribution in [-0.4, -0.2) is 102 Å². The van der Waals surface area contributed by atoms with Crippen LogP contribution in [0.3, 0.4) is 0 Å². The molecule has 0 aliphatic heterocycles. The number of carbonyl (C=O) groups is 4. The van der Waals surface area contributed by atoms with E-state index >= 15 is 0 Å². The van der Waals surface area contributed by atoms with Gasteiger partial charge in [0, 0.05) is 13.1 Å². The molecule has 15 nitrogen and oxygen atoms in total. The quantitative estimate of drug-likeness (QED) is 0.0379. The average molecular weight is 593 g/mol. The van der Waals surface area contributed by atoms with Crippen molar-refractivity contribution in [2.24, 2.45) is 38.7 Å². The van der Waals surface area contributed by atoms with E-state index in [0.29, 0.717) is 30.8 Å². The molecular formula is C22H44N10O5S2. The van der Waals surface area contributed by atoms with Crippen LogP contribution in [0.4, 0.5) is 0 Å². The van der Waals surface area contributed by atoms with Crippen LogP contribution < -0.4 is 44.6 Å². The largest absolute Gasteiger partial charge is 0.480 e. The number of nitrogens with two attached hydrogens (primary N) is 5. The second kappa shape index (κ2) is 21.0. The van der Waals surface area contributed by atoms with Gasteiger partial charge in [-0.3, -0.25) is 24.4 Å². The van der Waals surface area contributed by atoms with Crippen molar-refractivity contribution in [1.82, 2.24) is 16.0 Å². The van der Waals surface area contributed by atoms with E-state index in [1.807, 2.05) is 12.5 Å². The minimum atomic E-state index is -1.19. The van der Waals surface area contributed by atoms with E-state index in [1.54, 1.807) is 0 Å². The van der Waals surface area contributed by atoms with Crippen LogP contribution in [0.1, 0.15) is 38.5 Å². The fraction of sp³-hybridized carbons (Fsp3) is 0.727. The van der Waals surface area contributed by atoms with Crippen LogP contribution in [0.15, 0.2) is 9.98 Å². The van der Waals surface area contributed by atoms with E-state index in [2.05, 4.69) is 25.9 Å². The number of hydrogen-bond acceptors (Lipinski definition) is 9. The molecule has 0 aromatic carbocycles. The highest BCUT2D eigenvalue weighted by molar-refractivity contribution is 7.98. The molecule has 0 radical (unpaired) electrons. The van der Waals surface area contributed by atoms with Gasteiger partial charge in [0.05, 0.1) is 6.04 Å². The first kappa shape index (κ1) is 36.1. The van der Waals surface area contributed by atoms with Gasteiger partial charge in [-0.25, -0.2) is 4.79 Å². The Kier molecular flexibility index (Phi) is 19.4. The number of thioether (sulfide) groups is 2. The molecule has 0 spiro atoms. The van der Waals surface area contributed by atoms with Crippen molar-refractivity contribution in [3.8, 4) is 0 Å². The van der Waals surface area contributed by atoms with Gasteiger partial charge in [0.15, 0.2) is 11.9 Å². The number of rotatable bonds is 21. The Morgan fingerprint density at radius 1 is 0.692 bits per heavy atom. The molecule has 4 unspecified atom stereocenters. The van der Waals surface area contributed by atoms with Gasteiger partial charge in [-0.15, -0.1) is 0 Å². The van der Waals surface area contributed by atoms with Crippen LogP contribution in [0.5, 0.6) is 0 Å².